The Kier molecular flexibility index (Phi) is 9.23. The summed E-state index contributed by atoms with van der Waals surface area (Å²) in [5.74, 6) is 5.11. The van der Waals surface area contributed by atoms with Crippen LogP contribution in [0.2, 0.25) is 0 Å². The van der Waals surface area contributed by atoms with Crippen molar-refractivity contribution >= 4 is 10.9 Å². The first-order valence-corrected chi connectivity index (χ1v) is 11.0. The fraction of sp³-hybridized carbons (Fsp3) is 0.346. The average molecular weight is 483 g/mol. The van der Waals surface area contributed by atoms with Gasteiger partial charge in [-0.05, 0) is 48.9 Å². The molecule has 3 aromatic rings. The normalized spacial score (nSPS) is 11.5. The minimum atomic E-state index is -0.745. The molecule has 1 aromatic heterocycles. The highest BCUT2D eigenvalue weighted by Gasteiger charge is 2.14. The molecule has 0 saturated carbocycles. The van der Waals surface area contributed by atoms with Gasteiger partial charge in [-0.1, -0.05) is 5.92 Å². The number of terminal acetylenes is 1. The van der Waals surface area contributed by atoms with Crippen molar-refractivity contribution in [2.45, 2.75) is 12.5 Å². The summed E-state index contributed by atoms with van der Waals surface area (Å²) in [6, 6.07) is 10.2. The minimum Gasteiger partial charge on any atom is -0.493 e. The molecule has 0 fully saturated rings. The van der Waals surface area contributed by atoms with E-state index in [9.17, 15) is 9.90 Å². The third-order valence-corrected chi connectivity index (χ3v) is 5.25. The van der Waals surface area contributed by atoms with Gasteiger partial charge in [0.2, 0.25) is 11.3 Å². The molecule has 2 aromatic carbocycles. The zero-order chi connectivity index (χ0) is 25.2. The lowest BCUT2D eigenvalue weighted by molar-refractivity contribution is 0.107. The third-order valence-electron chi connectivity index (χ3n) is 5.25. The van der Waals surface area contributed by atoms with E-state index in [4.69, 9.17) is 30.1 Å². The number of aromatic nitrogens is 1. The second kappa shape index (κ2) is 12.6. The van der Waals surface area contributed by atoms with E-state index in [-0.39, 0.29) is 18.8 Å². The highest BCUT2D eigenvalue weighted by molar-refractivity contribution is 5.89. The third kappa shape index (κ3) is 6.59. The van der Waals surface area contributed by atoms with E-state index in [1.807, 2.05) is 12.1 Å². The van der Waals surface area contributed by atoms with E-state index in [1.54, 1.807) is 39.5 Å². The van der Waals surface area contributed by atoms with Crippen LogP contribution < -0.4 is 34.6 Å². The van der Waals surface area contributed by atoms with Crippen LogP contribution in [0.15, 0.2) is 41.2 Å². The van der Waals surface area contributed by atoms with Gasteiger partial charge in [0, 0.05) is 18.0 Å². The molecule has 0 aliphatic heterocycles. The van der Waals surface area contributed by atoms with Gasteiger partial charge in [-0.2, -0.15) is 0 Å². The van der Waals surface area contributed by atoms with Gasteiger partial charge in [0.1, 0.15) is 30.8 Å². The number of aliphatic hydroxyl groups is 1. The minimum absolute atomic E-state index is 0.0654. The topological polar surface area (TPSA) is 111 Å². The number of nitrogens with one attached hydrogen (secondary N) is 2. The maximum absolute atomic E-state index is 11.8. The molecule has 35 heavy (non-hydrogen) atoms. The number of pyridine rings is 1. The van der Waals surface area contributed by atoms with Gasteiger partial charge >= 0.3 is 0 Å². The summed E-state index contributed by atoms with van der Waals surface area (Å²) < 4.78 is 27.4. The van der Waals surface area contributed by atoms with Crippen molar-refractivity contribution in [2.24, 2.45) is 0 Å². The molecular formula is C26H30N2O7. The number of ether oxygens (including phenoxy) is 5. The van der Waals surface area contributed by atoms with Gasteiger partial charge in [-0.3, -0.25) is 4.79 Å². The fourth-order valence-electron chi connectivity index (χ4n) is 3.59. The van der Waals surface area contributed by atoms with E-state index in [1.165, 1.54) is 6.07 Å². The van der Waals surface area contributed by atoms with Crippen LogP contribution in [0.5, 0.6) is 28.7 Å². The van der Waals surface area contributed by atoms with Crippen LogP contribution in [0.4, 0.5) is 0 Å². The Hall–Kier alpha value is -3.87. The molecular weight excluding hydrogens is 452 g/mol. The summed E-state index contributed by atoms with van der Waals surface area (Å²) in [6.45, 7) is 1.10. The Morgan fingerprint density at radius 1 is 1.00 bits per heavy atom. The molecule has 3 rings (SSSR count). The first-order valence-electron chi connectivity index (χ1n) is 11.0. The highest BCUT2D eigenvalue weighted by Crippen LogP contribution is 2.38. The van der Waals surface area contributed by atoms with Gasteiger partial charge in [0.05, 0.1) is 26.8 Å². The largest absolute Gasteiger partial charge is 0.493 e. The van der Waals surface area contributed by atoms with E-state index >= 15 is 0 Å². The summed E-state index contributed by atoms with van der Waals surface area (Å²) in [7, 11) is 4.72. The monoisotopic (exact) mass is 482 g/mol. The van der Waals surface area contributed by atoms with Gasteiger partial charge < -0.3 is 39.1 Å². The first kappa shape index (κ1) is 25.7. The van der Waals surface area contributed by atoms with Gasteiger partial charge in [0.15, 0.2) is 11.5 Å². The lowest BCUT2D eigenvalue weighted by Crippen LogP contribution is -2.32. The molecule has 0 bridgehead atoms. The fourth-order valence-corrected chi connectivity index (χ4v) is 3.59. The number of rotatable bonds is 13. The van der Waals surface area contributed by atoms with Crippen molar-refractivity contribution < 1.29 is 28.8 Å². The zero-order valence-corrected chi connectivity index (χ0v) is 20.1. The summed E-state index contributed by atoms with van der Waals surface area (Å²) in [6.07, 6.45) is 5.21. The molecule has 186 valence electrons. The standard InChI is InChI=1S/C26H30N2O7/c1-5-12-34-21-8-7-20(19-6-9-24(30)28-25(19)21)35-16-18(29)15-27-11-10-17-13-22(31-2)26(33-4)23(14-17)32-3/h1,6-9,13-14,18,27,29H,10-12,15-16H2,2-4H3,(H,28,30). The van der Waals surface area contributed by atoms with Crippen LogP contribution in [0.1, 0.15) is 5.56 Å². The van der Waals surface area contributed by atoms with Crippen molar-refractivity contribution in [2.75, 3.05) is 47.6 Å². The van der Waals surface area contributed by atoms with E-state index in [0.717, 1.165) is 5.56 Å². The number of fused-ring (bicyclic) bond motifs is 1. The Morgan fingerprint density at radius 3 is 2.37 bits per heavy atom. The number of aromatic amines is 1. The van der Waals surface area contributed by atoms with E-state index in [2.05, 4.69) is 16.2 Å². The smallest absolute Gasteiger partial charge is 0.248 e. The van der Waals surface area contributed by atoms with Crippen molar-refractivity contribution in [3.05, 3.63) is 52.3 Å². The molecule has 0 aliphatic carbocycles. The molecule has 0 aliphatic rings. The van der Waals surface area contributed by atoms with E-state index < -0.39 is 6.10 Å². The molecule has 3 N–H and O–H groups in total. The second-order valence-electron chi connectivity index (χ2n) is 7.62. The second-order valence-corrected chi connectivity index (χ2v) is 7.62. The van der Waals surface area contributed by atoms with Crippen LogP contribution in [-0.2, 0) is 6.42 Å². The lowest BCUT2D eigenvalue weighted by atomic mass is 10.1. The average Bonchev–Trinajstić information content (AvgIpc) is 2.88. The zero-order valence-electron chi connectivity index (χ0n) is 20.1. The van der Waals surface area contributed by atoms with Crippen LogP contribution in [0.25, 0.3) is 10.9 Å². The molecule has 0 spiro atoms. The molecule has 9 heteroatoms. The lowest BCUT2D eigenvalue weighted by Gasteiger charge is -2.16. The first-order chi connectivity index (χ1) is 17.0. The number of H-pyrrole nitrogens is 1. The summed E-state index contributed by atoms with van der Waals surface area (Å²) in [5, 5.41) is 14.3. The van der Waals surface area contributed by atoms with Crippen molar-refractivity contribution in [3.63, 3.8) is 0 Å². The Balaban J connectivity index is 1.55. The predicted octanol–water partition coefficient (Wildman–Crippen LogP) is 2.14. The SMILES string of the molecule is C#CCOc1ccc(OCC(O)CNCCc2cc(OC)c(OC)c(OC)c2)c2ccc(=O)[nH]c12. The maximum Gasteiger partial charge on any atom is 0.248 e. The summed E-state index contributed by atoms with van der Waals surface area (Å²) >= 11 is 0. The molecule has 0 radical (unpaired) electrons. The number of aliphatic hydroxyl groups excluding tert-OH is 1. The Morgan fingerprint density at radius 2 is 1.71 bits per heavy atom. The van der Waals surface area contributed by atoms with Gasteiger partial charge in [-0.25, -0.2) is 0 Å². The maximum atomic E-state index is 11.8. The molecule has 0 saturated heterocycles. The number of benzene rings is 2. The molecule has 9 nitrogen and oxygen atoms in total. The number of hydrogen-bond acceptors (Lipinski definition) is 8. The van der Waals surface area contributed by atoms with E-state index in [0.29, 0.717) is 59.2 Å². The molecule has 0 amide bonds. The Labute approximate surface area is 203 Å². The van der Waals surface area contributed by atoms with Crippen LogP contribution in [0.3, 0.4) is 0 Å². The number of methoxy groups -OCH3 is 3. The van der Waals surface area contributed by atoms with Gasteiger partial charge in [0.25, 0.3) is 0 Å². The Bertz CT molecular complexity index is 1210. The van der Waals surface area contributed by atoms with Crippen molar-refractivity contribution in [1.29, 1.82) is 0 Å². The molecule has 1 heterocycles. The van der Waals surface area contributed by atoms with Crippen LogP contribution >= 0.6 is 0 Å². The van der Waals surface area contributed by atoms with Crippen molar-refractivity contribution in [1.82, 2.24) is 10.3 Å². The van der Waals surface area contributed by atoms with Crippen LogP contribution in [-0.4, -0.2) is 63.8 Å². The van der Waals surface area contributed by atoms with Crippen LogP contribution in [0, 0.1) is 12.3 Å². The summed E-state index contributed by atoms with van der Waals surface area (Å²) in [5.41, 5.74) is 1.23. The van der Waals surface area contributed by atoms with Crippen molar-refractivity contribution in [3.8, 4) is 41.1 Å². The quantitative estimate of drug-likeness (QED) is 0.251. The predicted molar refractivity (Wildman–Crippen MR) is 133 cm³/mol. The summed E-state index contributed by atoms with van der Waals surface area (Å²) in [4.78, 5) is 14.5. The highest BCUT2D eigenvalue weighted by atomic mass is 16.5. The number of hydrogen-bond donors (Lipinski definition) is 3. The molecule has 1 atom stereocenters. The van der Waals surface area contributed by atoms with Gasteiger partial charge in [-0.15, -0.1) is 6.42 Å². The molecule has 1 unspecified atom stereocenters.